The van der Waals surface area contributed by atoms with Crippen LogP contribution in [0.3, 0.4) is 0 Å². The number of benzene rings is 2. The van der Waals surface area contributed by atoms with Crippen LogP contribution in [0.4, 0.5) is 13.2 Å². The zero-order valence-electron chi connectivity index (χ0n) is 11.4. The van der Waals surface area contributed by atoms with Crippen LogP contribution in [0.2, 0.25) is 0 Å². The van der Waals surface area contributed by atoms with Gasteiger partial charge in [-0.1, -0.05) is 37.3 Å². The molecule has 0 amide bonds. The van der Waals surface area contributed by atoms with Crippen LogP contribution in [0.15, 0.2) is 48.5 Å². The van der Waals surface area contributed by atoms with Gasteiger partial charge in [0.1, 0.15) is 0 Å². The fourth-order valence-corrected chi connectivity index (χ4v) is 2.87. The Labute approximate surface area is 135 Å². The van der Waals surface area contributed by atoms with E-state index in [-0.39, 0.29) is 5.56 Å². The van der Waals surface area contributed by atoms with Gasteiger partial charge in [0, 0.05) is 3.57 Å². The van der Waals surface area contributed by atoms with Crippen molar-refractivity contribution in [1.29, 1.82) is 0 Å². The topological polar surface area (TPSA) is 12.0 Å². The van der Waals surface area contributed by atoms with Crippen LogP contribution in [0.1, 0.15) is 29.7 Å². The highest BCUT2D eigenvalue weighted by molar-refractivity contribution is 14.1. The number of alkyl halides is 3. The van der Waals surface area contributed by atoms with Crippen molar-refractivity contribution in [3.8, 4) is 0 Å². The minimum atomic E-state index is -4.35. The van der Waals surface area contributed by atoms with Crippen molar-refractivity contribution in [2.45, 2.75) is 19.1 Å². The average molecular weight is 405 g/mol. The van der Waals surface area contributed by atoms with E-state index in [9.17, 15) is 13.2 Å². The van der Waals surface area contributed by atoms with Gasteiger partial charge in [-0.2, -0.15) is 13.2 Å². The van der Waals surface area contributed by atoms with E-state index in [2.05, 4.69) is 27.9 Å². The summed E-state index contributed by atoms with van der Waals surface area (Å²) < 4.78 is 40.6. The molecular weight excluding hydrogens is 390 g/mol. The van der Waals surface area contributed by atoms with Crippen molar-refractivity contribution in [3.05, 3.63) is 68.8 Å². The predicted octanol–water partition coefficient (Wildman–Crippen LogP) is 5.01. The number of nitrogens with one attached hydrogen (secondary N) is 1. The van der Waals surface area contributed by atoms with Crippen LogP contribution in [0.5, 0.6) is 0 Å². The van der Waals surface area contributed by atoms with Gasteiger partial charge in [-0.05, 0) is 58.5 Å². The van der Waals surface area contributed by atoms with Crippen molar-refractivity contribution >= 4 is 22.6 Å². The minimum absolute atomic E-state index is 0.258. The van der Waals surface area contributed by atoms with Gasteiger partial charge >= 0.3 is 6.18 Å². The normalized spacial score (nSPS) is 13.2. The third-order valence-corrected chi connectivity index (χ3v) is 3.84. The first kappa shape index (κ1) is 16.3. The number of rotatable bonds is 4. The zero-order valence-corrected chi connectivity index (χ0v) is 13.6. The summed E-state index contributed by atoms with van der Waals surface area (Å²) in [4.78, 5) is 0. The molecule has 2 rings (SSSR count). The van der Waals surface area contributed by atoms with Crippen molar-refractivity contribution in [2.75, 3.05) is 6.54 Å². The predicted molar refractivity (Wildman–Crippen MR) is 86.1 cm³/mol. The Morgan fingerprint density at radius 3 is 2.43 bits per heavy atom. The molecule has 1 nitrogen and oxygen atoms in total. The molecule has 0 aliphatic rings. The maximum Gasteiger partial charge on any atom is 0.416 e. The van der Waals surface area contributed by atoms with Crippen LogP contribution < -0.4 is 5.32 Å². The molecule has 0 saturated heterocycles. The second kappa shape index (κ2) is 6.79. The SMILES string of the molecule is CCNC(c1cccc(I)c1)c1ccccc1C(F)(F)F. The molecule has 0 fully saturated rings. The molecule has 0 radical (unpaired) electrons. The molecule has 0 aliphatic heterocycles. The van der Waals surface area contributed by atoms with Crippen LogP contribution in [0.25, 0.3) is 0 Å². The lowest BCUT2D eigenvalue weighted by Gasteiger charge is -2.23. The van der Waals surface area contributed by atoms with Crippen molar-refractivity contribution < 1.29 is 13.2 Å². The summed E-state index contributed by atoms with van der Waals surface area (Å²) in [7, 11) is 0. The number of hydrogen-bond acceptors (Lipinski definition) is 1. The highest BCUT2D eigenvalue weighted by Gasteiger charge is 2.35. The summed E-state index contributed by atoms with van der Waals surface area (Å²) in [5.74, 6) is 0. The maximum absolute atomic E-state index is 13.2. The molecule has 0 bridgehead atoms. The molecule has 112 valence electrons. The van der Waals surface area contributed by atoms with Gasteiger partial charge in [-0.15, -0.1) is 0 Å². The minimum Gasteiger partial charge on any atom is -0.307 e. The first-order valence-electron chi connectivity index (χ1n) is 6.58. The Morgan fingerprint density at radius 2 is 1.81 bits per heavy atom. The lowest BCUT2D eigenvalue weighted by molar-refractivity contribution is -0.138. The molecule has 2 aromatic carbocycles. The van der Waals surface area contributed by atoms with E-state index in [1.54, 1.807) is 6.07 Å². The molecule has 1 N–H and O–H groups in total. The van der Waals surface area contributed by atoms with Gasteiger partial charge in [0.25, 0.3) is 0 Å². The van der Waals surface area contributed by atoms with Gasteiger partial charge < -0.3 is 5.32 Å². The Balaban J connectivity index is 2.54. The average Bonchev–Trinajstić information content (AvgIpc) is 2.44. The van der Waals surface area contributed by atoms with Crippen LogP contribution in [0, 0.1) is 3.57 Å². The molecule has 0 spiro atoms. The van der Waals surface area contributed by atoms with Crippen LogP contribution in [-0.4, -0.2) is 6.54 Å². The molecule has 0 aromatic heterocycles. The molecule has 0 heterocycles. The largest absolute Gasteiger partial charge is 0.416 e. The van der Waals surface area contributed by atoms with Crippen molar-refractivity contribution in [3.63, 3.8) is 0 Å². The third-order valence-electron chi connectivity index (χ3n) is 3.17. The fourth-order valence-electron chi connectivity index (χ4n) is 2.30. The monoisotopic (exact) mass is 405 g/mol. The second-order valence-electron chi connectivity index (χ2n) is 4.63. The van der Waals surface area contributed by atoms with E-state index in [1.165, 1.54) is 12.1 Å². The number of halogens is 4. The molecular formula is C16H15F3IN. The van der Waals surface area contributed by atoms with E-state index >= 15 is 0 Å². The van der Waals surface area contributed by atoms with Crippen LogP contribution >= 0.6 is 22.6 Å². The molecule has 0 saturated carbocycles. The lowest BCUT2D eigenvalue weighted by atomic mass is 9.94. The van der Waals surface area contributed by atoms with Gasteiger partial charge in [0.15, 0.2) is 0 Å². The Hall–Kier alpha value is -1.08. The quantitative estimate of drug-likeness (QED) is 0.706. The summed E-state index contributed by atoms with van der Waals surface area (Å²) >= 11 is 2.16. The first-order valence-corrected chi connectivity index (χ1v) is 7.66. The Kier molecular flexibility index (Phi) is 5.27. The standard InChI is InChI=1S/C16H15F3IN/c1-2-21-15(11-6-5-7-12(20)10-11)13-8-3-4-9-14(13)16(17,18)19/h3-10,15,21H,2H2,1H3. The van der Waals surface area contributed by atoms with Crippen LogP contribution in [-0.2, 0) is 6.18 Å². The van der Waals surface area contributed by atoms with E-state index in [0.717, 1.165) is 15.2 Å². The molecule has 21 heavy (non-hydrogen) atoms. The second-order valence-corrected chi connectivity index (χ2v) is 5.88. The highest BCUT2D eigenvalue weighted by Crippen LogP contribution is 2.36. The molecule has 0 aliphatic carbocycles. The first-order chi connectivity index (χ1) is 9.93. The van der Waals surface area contributed by atoms with E-state index in [4.69, 9.17) is 0 Å². The maximum atomic E-state index is 13.2. The molecule has 5 heteroatoms. The Bertz CT molecular complexity index is 610. The fraction of sp³-hybridized carbons (Fsp3) is 0.250. The van der Waals surface area contributed by atoms with Gasteiger partial charge in [0.05, 0.1) is 11.6 Å². The van der Waals surface area contributed by atoms with Gasteiger partial charge in [-0.3, -0.25) is 0 Å². The zero-order chi connectivity index (χ0) is 15.5. The lowest BCUT2D eigenvalue weighted by Crippen LogP contribution is -2.25. The summed E-state index contributed by atoms with van der Waals surface area (Å²) in [6.07, 6.45) is -4.35. The highest BCUT2D eigenvalue weighted by atomic mass is 127. The Morgan fingerprint density at radius 1 is 1.10 bits per heavy atom. The molecule has 1 atom stereocenters. The number of hydrogen-bond donors (Lipinski definition) is 1. The van der Waals surface area contributed by atoms with Gasteiger partial charge in [0.2, 0.25) is 0 Å². The summed E-state index contributed by atoms with van der Waals surface area (Å²) in [6.45, 7) is 2.47. The van der Waals surface area contributed by atoms with Gasteiger partial charge in [-0.25, -0.2) is 0 Å². The molecule has 2 aromatic rings. The summed E-state index contributed by atoms with van der Waals surface area (Å²) in [5, 5.41) is 3.15. The third kappa shape index (κ3) is 3.97. The molecule has 1 unspecified atom stereocenters. The van der Waals surface area contributed by atoms with E-state index < -0.39 is 17.8 Å². The van der Waals surface area contributed by atoms with Crippen molar-refractivity contribution in [1.82, 2.24) is 5.32 Å². The van der Waals surface area contributed by atoms with Crippen molar-refractivity contribution in [2.24, 2.45) is 0 Å². The van der Waals surface area contributed by atoms with E-state index in [0.29, 0.717) is 6.54 Å². The summed E-state index contributed by atoms with van der Waals surface area (Å²) in [6, 6.07) is 12.8. The van der Waals surface area contributed by atoms with E-state index in [1.807, 2.05) is 31.2 Å². The smallest absolute Gasteiger partial charge is 0.307 e. The summed E-state index contributed by atoms with van der Waals surface area (Å²) in [5.41, 5.74) is 0.504.